The first-order valence-corrected chi connectivity index (χ1v) is 9.88. The van der Waals surface area contributed by atoms with Gasteiger partial charge in [0.15, 0.2) is 0 Å². The molecule has 2 aromatic carbocycles. The second kappa shape index (κ2) is 9.71. The normalized spacial score (nSPS) is 11.5. The Hall–Kier alpha value is -3.94. The van der Waals surface area contributed by atoms with Gasteiger partial charge >= 0.3 is 12.0 Å². The number of para-hydroxylation sites is 1. The standard InChI is InChI=1S/C23H24N4O4/c1-4-24-23(30)25-21(28)20(17-11-7-5-8-12-17)31-22(29)19-15(2)26-27(16(19)3)18-13-9-6-10-14-18/h5-14,20H,4H2,1-3H3,(H2,24,25,28,30). The van der Waals surface area contributed by atoms with Gasteiger partial charge in [-0.15, -0.1) is 0 Å². The van der Waals surface area contributed by atoms with Gasteiger partial charge < -0.3 is 10.1 Å². The van der Waals surface area contributed by atoms with E-state index in [1.54, 1.807) is 55.8 Å². The fourth-order valence-corrected chi connectivity index (χ4v) is 3.21. The first-order valence-electron chi connectivity index (χ1n) is 9.88. The molecule has 3 amide bonds. The van der Waals surface area contributed by atoms with Crippen LogP contribution < -0.4 is 10.6 Å². The van der Waals surface area contributed by atoms with Crippen LogP contribution in [0.3, 0.4) is 0 Å². The molecule has 1 atom stereocenters. The molecule has 2 N–H and O–H groups in total. The van der Waals surface area contributed by atoms with E-state index in [1.807, 2.05) is 30.3 Å². The van der Waals surface area contributed by atoms with Crippen LogP contribution in [0.25, 0.3) is 5.69 Å². The van der Waals surface area contributed by atoms with Gasteiger partial charge in [0.25, 0.3) is 5.91 Å². The third-order valence-corrected chi connectivity index (χ3v) is 4.64. The highest BCUT2D eigenvalue weighted by molar-refractivity contribution is 5.99. The zero-order chi connectivity index (χ0) is 22.4. The molecule has 0 fully saturated rings. The maximum absolute atomic E-state index is 13.1. The largest absolute Gasteiger partial charge is 0.444 e. The Morgan fingerprint density at radius 3 is 2.23 bits per heavy atom. The van der Waals surface area contributed by atoms with E-state index in [0.29, 0.717) is 23.5 Å². The number of nitrogens with one attached hydrogen (secondary N) is 2. The number of imide groups is 1. The summed E-state index contributed by atoms with van der Waals surface area (Å²) in [5.41, 5.74) is 2.58. The topological polar surface area (TPSA) is 102 Å². The third-order valence-electron chi connectivity index (χ3n) is 4.64. The smallest absolute Gasteiger partial charge is 0.343 e. The molecule has 0 radical (unpaired) electrons. The van der Waals surface area contributed by atoms with E-state index in [9.17, 15) is 14.4 Å². The van der Waals surface area contributed by atoms with E-state index < -0.39 is 24.0 Å². The number of benzene rings is 2. The number of ether oxygens (including phenoxy) is 1. The van der Waals surface area contributed by atoms with Crippen LogP contribution in [-0.2, 0) is 9.53 Å². The lowest BCUT2D eigenvalue weighted by Crippen LogP contribution is -2.42. The van der Waals surface area contributed by atoms with Crippen molar-refractivity contribution in [3.63, 3.8) is 0 Å². The number of carbonyl (C=O) groups is 3. The van der Waals surface area contributed by atoms with Gasteiger partial charge in [-0.2, -0.15) is 5.10 Å². The van der Waals surface area contributed by atoms with Gasteiger partial charge in [-0.3, -0.25) is 10.1 Å². The zero-order valence-electron chi connectivity index (χ0n) is 17.6. The summed E-state index contributed by atoms with van der Waals surface area (Å²) in [5, 5.41) is 9.14. The van der Waals surface area contributed by atoms with Crippen molar-refractivity contribution < 1.29 is 19.1 Å². The molecule has 0 saturated heterocycles. The number of rotatable bonds is 6. The van der Waals surface area contributed by atoms with Crippen molar-refractivity contribution in [3.05, 3.63) is 83.2 Å². The molecule has 1 heterocycles. The van der Waals surface area contributed by atoms with E-state index in [-0.39, 0.29) is 5.56 Å². The lowest BCUT2D eigenvalue weighted by Gasteiger charge is -2.18. The van der Waals surface area contributed by atoms with Crippen LogP contribution in [0, 0.1) is 13.8 Å². The van der Waals surface area contributed by atoms with Gasteiger partial charge in [0, 0.05) is 12.1 Å². The minimum absolute atomic E-state index is 0.274. The van der Waals surface area contributed by atoms with Crippen molar-refractivity contribution in [2.24, 2.45) is 0 Å². The van der Waals surface area contributed by atoms with Crippen molar-refractivity contribution in [2.45, 2.75) is 26.9 Å². The average Bonchev–Trinajstić information content (AvgIpc) is 3.07. The minimum Gasteiger partial charge on any atom is -0.444 e. The fourth-order valence-electron chi connectivity index (χ4n) is 3.21. The SMILES string of the molecule is CCNC(=O)NC(=O)C(OC(=O)c1c(C)nn(-c2ccccc2)c1C)c1ccccc1. The summed E-state index contributed by atoms with van der Waals surface area (Å²) in [6.45, 7) is 5.55. The number of carbonyl (C=O) groups excluding carboxylic acids is 3. The lowest BCUT2D eigenvalue weighted by molar-refractivity contribution is -0.129. The Morgan fingerprint density at radius 1 is 1.00 bits per heavy atom. The number of hydrogen-bond donors (Lipinski definition) is 2. The van der Waals surface area contributed by atoms with E-state index in [2.05, 4.69) is 15.7 Å². The van der Waals surface area contributed by atoms with Crippen molar-refractivity contribution in [1.82, 2.24) is 20.4 Å². The highest BCUT2D eigenvalue weighted by Crippen LogP contribution is 2.24. The Kier molecular flexibility index (Phi) is 6.81. The molecular formula is C23H24N4O4. The summed E-state index contributed by atoms with van der Waals surface area (Å²) in [5.74, 6) is -1.44. The molecular weight excluding hydrogens is 396 g/mol. The highest BCUT2D eigenvalue weighted by Gasteiger charge is 2.29. The Labute approximate surface area is 180 Å². The van der Waals surface area contributed by atoms with Crippen molar-refractivity contribution in [3.8, 4) is 5.69 Å². The molecule has 0 saturated carbocycles. The predicted octanol–water partition coefficient (Wildman–Crippen LogP) is 3.23. The summed E-state index contributed by atoms with van der Waals surface area (Å²) in [7, 11) is 0. The molecule has 3 rings (SSSR count). The van der Waals surface area contributed by atoms with Crippen LogP contribution in [0.5, 0.6) is 0 Å². The van der Waals surface area contributed by atoms with Crippen LogP contribution in [-0.4, -0.2) is 34.2 Å². The van der Waals surface area contributed by atoms with Gasteiger partial charge in [-0.25, -0.2) is 14.3 Å². The predicted molar refractivity (Wildman–Crippen MR) is 115 cm³/mol. The molecule has 0 aliphatic carbocycles. The quantitative estimate of drug-likeness (QED) is 0.596. The van der Waals surface area contributed by atoms with Crippen LogP contribution >= 0.6 is 0 Å². The first kappa shape index (κ1) is 21.8. The lowest BCUT2D eigenvalue weighted by atomic mass is 10.1. The van der Waals surface area contributed by atoms with Crippen LogP contribution in [0.2, 0.25) is 0 Å². The molecule has 0 aliphatic rings. The molecule has 1 unspecified atom stereocenters. The Morgan fingerprint density at radius 2 is 1.61 bits per heavy atom. The molecule has 0 aliphatic heterocycles. The highest BCUT2D eigenvalue weighted by atomic mass is 16.5. The van der Waals surface area contributed by atoms with E-state index in [4.69, 9.17) is 4.74 Å². The summed E-state index contributed by atoms with van der Waals surface area (Å²) >= 11 is 0. The number of urea groups is 1. The first-order chi connectivity index (χ1) is 14.9. The maximum Gasteiger partial charge on any atom is 0.343 e. The van der Waals surface area contributed by atoms with Crippen molar-refractivity contribution >= 4 is 17.9 Å². The Balaban J connectivity index is 1.90. The molecule has 8 heteroatoms. The second-order valence-corrected chi connectivity index (χ2v) is 6.84. The van der Waals surface area contributed by atoms with Crippen LogP contribution in [0.1, 0.15) is 40.3 Å². The molecule has 0 spiro atoms. The maximum atomic E-state index is 13.1. The monoisotopic (exact) mass is 420 g/mol. The summed E-state index contributed by atoms with van der Waals surface area (Å²) in [4.78, 5) is 37.6. The summed E-state index contributed by atoms with van der Waals surface area (Å²) in [6.07, 6.45) is -1.30. The van der Waals surface area contributed by atoms with E-state index >= 15 is 0 Å². The number of aryl methyl sites for hydroxylation is 1. The van der Waals surface area contributed by atoms with Crippen LogP contribution in [0.4, 0.5) is 4.79 Å². The number of hydrogen-bond acceptors (Lipinski definition) is 5. The number of esters is 1. The molecule has 8 nitrogen and oxygen atoms in total. The van der Waals surface area contributed by atoms with Gasteiger partial charge in [-0.05, 0) is 32.9 Å². The fraction of sp³-hybridized carbons (Fsp3) is 0.217. The summed E-state index contributed by atoms with van der Waals surface area (Å²) < 4.78 is 7.24. The minimum atomic E-state index is -1.30. The van der Waals surface area contributed by atoms with E-state index in [1.165, 1.54) is 0 Å². The number of nitrogens with zero attached hydrogens (tertiary/aromatic N) is 2. The zero-order valence-corrected chi connectivity index (χ0v) is 17.6. The molecule has 0 bridgehead atoms. The molecule has 3 aromatic rings. The van der Waals surface area contributed by atoms with E-state index in [0.717, 1.165) is 5.69 Å². The Bertz CT molecular complexity index is 1080. The van der Waals surface area contributed by atoms with Gasteiger partial charge in [0.05, 0.1) is 17.1 Å². The van der Waals surface area contributed by atoms with Gasteiger partial charge in [0.2, 0.25) is 6.10 Å². The number of amides is 3. The summed E-state index contributed by atoms with van der Waals surface area (Å²) in [6, 6.07) is 17.3. The molecule has 160 valence electrons. The van der Waals surface area contributed by atoms with Crippen LogP contribution in [0.15, 0.2) is 60.7 Å². The molecule has 31 heavy (non-hydrogen) atoms. The van der Waals surface area contributed by atoms with Gasteiger partial charge in [-0.1, -0.05) is 48.5 Å². The molecule has 1 aromatic heterocycles. The van der Waals surface area contributed by atoms with Crippen molar-refractivity contribution in [1.29, 1.82) is 0 Å². The average molecular weight is 420 g/mol. The third kappa shape index (κ3) is 4.98. The number of aromatic nitrogens is 2. The van der Waals surface area contributed by atoms with Gasteiger partial charge in [0.1, 0.15) is 5.56 Å². The second-order valence-electron chi connectivity index (χ2n) is 6.84. The van der Waals surface area contributed by atoms with Crippen molar-refractivity contribution in [2.75, 3.05) is 6.54 Å².